The van der Waals surface area contributed by atoms with E-state index in [0.29, 0.717) is 12.6 Å². The molecule has 1 rings (SSSR count). The van der Waals surface area contributed by atoms with Gasteiger partial charge in [-0.15, -0.1) is 0 Å². The number of hydrogen-bond acceptors (Lipinski definition) is 3. The largest absolute Gasteiger partial charge is 0.340 e. The second kappa shape index (κ2) is 6.86. The van der Waals surface area contributed by atoms with Crippen LogP contribution in [0.15, 0.2) is 0 Å². The van der Waals surface area contributed by atoms with Gasteiger partial charge in [0, 0.05) is 25.7 Å². The van der Waals surface area contributed by atoms with E-state index in [9.17, 15) is 4.79 Å². The summed E-state index contributed by atoms with van der Waals surface area (Å²) in [6.45, 7) is 8.60. The molecular weight excluding hydrogens is 202 g/mol. The van der Waals surface area contributed by atoms with E-state index < -0.39 is 0 Å². The maximum Gasteiger partial charge on any atom is 0.236 e. The van der Waals surface area contributed by atoms with Gasteiger partial charge in [0.15, 0.2) is 0 Å². The van der Waals surface area contributed by atoms with E-state index in [-0.39, 0.29) is 5.91 Å². The van der Waals surface area contributed by atoms with Crippen LogP contribution in [0.1, 0.15) is 26.7 Å². The monoisotopic (exact) mass is 227 g/mol. The van der Waals surface area contributed by atoms with Crippen molar-refractivity contribution in [3.8, 4) is 0 Å². The molecule has 0 aromatic carbocycles. The van der Waals surface area contributed by atoms with Crippen LogP contribution in [0, 0.1) is 0 Å². The molecule has 1 fully saturated rings. The van der Waals surface area contributed by atoms with Crippen molar-refractivity contribution in [1.82, 2.24) is 15.1 Å². The molecule has 0 aromatic heterocycles. The standard InChI is InChI=1S/C12H25N3O/c1-4-11(2)13-10-12(16)15-7-5-6-14(3)8-9-15/h11,13H,4-10H2,1-3H3. The van der Waals surface area contributed by atoms with Crippen LogP contribution in [0.3, 0.4) is 0 Å². The quantitative estimate of drug-likeness (QED) is 0.761. The normalized spacial score (nSPS) is 20.6. The van der Waals surface area contributed by atoms with Crippen LogP contribution < -0.4 is 5.32 Å². The van der Waals surface area contributed by atoms with E-state index in [1.807, 2.05) is 4.90 Å². The van der Waals surface area contributed by atoms with E-state index in [1.54, 1.807) is 0 Å². The second-order valence-electron chi connectivity index (χ2n) is 4.73. The lowest BCUT2D eigenvalue weighted by Crippen LogP contribution is -2.42. The highest BCUT2D eigenvalue weighted by atomic mass is 16.2. The first-order valence-corrected chi connectivity index (χ1v) is 6.33. The Morgan fingerprint density at radius 3 is 2.75 bits per heavy atom. The summed E-state index contributed by atoms with van der Waals surface area (Å²) < 4.78 is 0. The Morgan fingerprint density at radius 1 is 1.31 bits per heavy atom. The van der Waals surface area contributed by atoms with Crippen molar-refractivity contribution in [3.05, 3.63) is 0 Å². The smallest absolute Gasteiger partial charge is 0.236 e. The molecule has 0 aromatic rings. The van der Waals surface area contributed by atoms with Crippen LogP contribution in [0.2, 0.25) is 0 Å². The van der Waals surface area contributed by atoms with Crippen LogP contribution in [0.4, 0.5) is 0 Å². The van der Waals surface area contributed by atoms with Crippen molar-refractivity contribution in [2.24, 2.45) is 0 Å². The molecule has 4 heteroatoms. The van der Waals surface area contributed by atoms with Gasteiger partial charge < -0.3 is 15.1 Å². The van der Waals surface area contributed by atoms with Crippen molar-refractivity contribution in [3.63, 3.8) is 0 Å². The summed E-state index contributed by atoms with van der Waals surface area (Å²) in [4.78, 5) is 16.2. The Morgan fingerprint density at radius 2 is 2.06 bits per heavy atom. The van der Waals surface area contributed by atoms with Crippen LogP contribution in [0.25, 0.3) is 0 Å². The summed E-state index contributed by atoms with van der Waals surface area (Å²) in [7, 11) is 2.12. The number of rotatable bonds is 4. The Kier molecular flexibility index (Phi) is 5.77. The molecule has 0 aliphatic carbocycles. The molecule has 0 radical (unpaired) electrons. The maximum atomic E-state index is 11.9. The van der Waals surface area contributed by atoms with Gasteiger partial charge in [0.1, 0.15) is 0 Å². The molecule has 1 aliphatic rings. The summed E-state index contributed by atoms with van der Waals surface area (Å²) in [5.74, 6) is 0.246. The van der Waals surface area contributed by atoms with Crippen molar-refractivity contribution in [1.29, 1.82) is 0 Å². The number of nitrogens with zero attached hydrogens (tertiary/aromatic N) is 2. The minimum Gasteiger partial charge on any atom is -0.340 e. The van der Waals surface area contributed by atoms with Crippen LogP contribution in [-0.2, 0) is 4.79 Å². The molecule has 4 nitrogen and oxygen atoms in total. The topological polar surface area (TPSA) is 35.6 Å². The van der Waals surface area contributed by atoms with E-state index in [2.05, 4.69) is 31.1 Å². The summed E-state index contributed by atoms with van der Waals surface area (Å²) in [6.07, 6.45) is 2.15. The van der Waals surface area contributed by atoms with E-state index in [0.717, 1.165) is 39.0 Å². The van der Waals surface area contributed by atoms with Crippen LogP contribution in [-0.4, -0.2) is 61.5 Å². The number of hydrogen-bond donors (Lipinski definition) is 1. The Hall–Kier alpha value is -0.610. The summed E-state index contributed by atoms with van der Waals surface area (Å²) in [6, 6.07) is 0.429. The molecule has 0 bridgehead atoms. The van der Waals surface area contributed by atoms with E-state index in [4.69, 9.17) is 0 Å². The fraction of sp³-hybridized carbons (Fsp3) is 0.917. The van der Waals surface area contributed by atoms with Crippen molar-refractivity contribution < 1.29 is 4.79 Å². The van der Waals surface area contributed by atoms with Crippen molar-refractivity contribution >= 4 is 5.91 Å². The fourth-order valence-electron chi connectivity index (χ4n) is 1.81. The second-order valence-corrected chi connectivity index (χ2v) is 4.73. The molecular formula is C12H25N3O. The predicted molar refractivity (Wildman–Crippen MR) is 66.4 cm³/mol. The minimum absolute atomic E-state index is 0.246. The number of likely N-dealkylation sites (N-methyl/N-ethyl adjacent to an activating group) is 1. The van der Waals surface area contributed by atoms with Gasteiger partial charge in [-0.2, -0.15) is 0 Å². The maximum absolute atomic E-state index is 11.9. The average Bonchev–Trinajstić information content (AvgIpc) is 2.50. The van der Waals surface area contributed by atoms with Crippen molar-refractivity contribution in [2.75, 3.05) is 39.8 Å². The fourth-order valence-corrected chi connectivity index (χ4v) is 1.81. The van der Waals surface area contributed by atoms with Crippen molar-refractivity contribution in [2.45, 2.75) is 32.7 Å². The molecule has 1 unspecified atom stereocenters. The van der Waals surface area contributed by atoms with Gasteiger partial charge in [-0.25, -0.2) is 0 Å². The Labute approximate surface area is 99.0 Å². The number of nitrogens with one attached hydrogen (secondary N) is 1. The van der Waals surface area contributed by atoms with Gasteiger partial charge in [-0.05, 0) is 33.4 Å². The molecule has 1 amide bonds. The SMILES string of the molecule is CCC(C)NCC(=O)N1CCCN(C)CC1. The lowest BCUT2D eigenvalue weighted by molar-refractivity contribution is -0.130. The number of carbonyl (C=O) groups excluding carboxylic acids is 1. The first-order valence-electron chi connectivity index (χ1n) is 6.33. The lowest BCUT2D eigenvalue weighted by atomic mass is 10.2. The third-order valence-corrected chi connectivity index (χ3v) is 3.29. The van der Waals surface area contributed by atoms with Crippen LogP contribution in [0.5, 0.6) is 0 Å². The molecule has 16 heavy (non-hydrogen) atoms. The highest BCUT2D eigenvalue weighted by molar-refractivity contribution is 5.78. The third-order valence-electron chi connectivity index (χ3n) is 3.29. The Balaban J connectivity index is 2.29. The molecule has 1 atom stereocenters. The average molecular weight is 227 g/mol. The minimum atomic E-state index is 0.246. The molecule has 94 valence electrons. The van der Waals surface area contributed by atoms with E-state index in [1.165, 1.54) is 0 Å². The molecule has 1 heterocycles. The van der Waals surface area contributed by atoms with Gasteiger partial charge in [0.2, 0.25) is 5.91 Å². The molecule has 0 saturated carbocycles. The number of carbonyl (C=O) groups is 1. The van der Waals surface area contributed by atoms with Gasteiger partial charge in [0.05, 0.1) is 6.54 Å². The molecule has 1 aliphatic heterocycles. The summed E-state index contributed by atoms with van der Waals surface area (Å²) >= 11 is 0. The summed E-state index contributed by atoms with van der Waals surface area (Å²) in [5.41, 5.74) is 0. The Bertz CT molecular complexity index is 220. The molecule has 1 saturated heterocycles. The summed E-state index contributed by atoms with van der Waals surface area (Å²) in [5, 5.41) is 3.26. The lowest BCUT2D eigenvalue weighted by Gasteiger charge is -2.21. The van der Waals surface area contributed by atoms with E-state index >= 15 is 0 Å². The van der Waals surface area contributed by atoms with Gasteiger partial charge in [0.25, 0.3) is 0 Å². The molecule has 0 spiro atoms. The zero-order valence-corrected chi connectivity index (χ0v) is 10.8. The highest BCUT2D eigenvalue weighted by Crippen LogP contribution is 2.01. The first-order chi connectivity index (χ1) is 7.63. The van der Waals surface area contributed by atoms with Crippen LogP contribution >= 0.6 is 0 Å². The number of amides is 1. The van der Waals surface area contributed by atoms with Gasteiger partial charge in [-0.3, -0.25) is 4.79 Å². The zero-order valence-electron chi connectivity index (χ0n) is 10.8. The third kappa shape index (κ3) is 4.49. The zero-order chi connectivity index (χ0) is 12.0. The van der Waals surface area contributed by atoms with Gasteiger partial charge in [-0.1, -0.05) is 6.92 Å². The van der Waals surface area contributed by atoms with Gasteiger partial charge >= 0.3 is 0 Å². The predicted octanol–water partition coefficient (Wildman–Crippen LogP) is 0.539. The highest BCUT2D eigenvalue weighted by Gasteiger charge is 2.17. The molecule has 1 N–H and O–H groups in total. The first kappa shape index (κ1) is 13.5.